The van der Waals surface area contributed by atoms with Crippen LogP contribution < -0.4 is 27.0 Å². The second-order valence-electron chi connectivity index (χ2n) is 27.8. The minimum atomic E-state index is -1.10. The molecule has 24 heteroatoms. The van der Waals surface area contributed by atoms with E-state index in [0.29, 0.717) is 114 Å². The first kappa shape index (κ1) is 72.5. The van der Waals surface area contributed by atoms with Gasteiger partial charge in [0.15, 0.2) is 11.6 Å². The number of carbonyl (C=O) groups is 8. The number of rotatable bonds is 30. The Kier molecular flexibility index (Phi) is 25.0. The van der Waals surface area contributed by atoms with Gasteiger partial charge >= 0.3 is 11.7 Å². The van der Waals surface area contributed by atoms with Crippen LogP contribution in [0, 0.1) is 17.8 Å². The molecule has 1 aromatic heterocycles. The third kappa shape index (κ3) is 20.2. The van der Waals surface area contributed by atoms with E-state index < -0.39 is 71.2 Å². The predicted octanol–water partition coefficient (Wildman–Crippen LogP) is 5.70. The molecule has 4 fully saturated rings. The zero-order valence-electron chi connectivity index (χ0n) is 57.1. The largest absolute Gasteiger partial charge is 0.508 e. The van der Waals surface area contributed by atoms with E-state index >= 15 is 0 Å². The minimum absolute atomic E-state index is 0.0142. The third-order valence-electron chi connectivity index (χ3n) is 18.8. The molecular formula is C73H97N11O13. The topological polar surface area (TPSA) is 311 Å². The van der Waals surface area contributed by atoms with Crippen LogP contribution in [-0.2, 0) is 67.2 Å². The van der Waals surface area contributed by atoms with Crippen molar-refractivity contribution in [1.82, 2.24) is 55.6 Å². The van der Waals surface area contributed by atoms with Gasteiger partial charge in [-0.1, -0.05) is 114 Å². The molecular weight excluding hydrogens is 1240 g/mol. The number of aromatic nitrogens is 3. The molecule has 97 heavy (non-hydrogen) atoms. The number of H-pyrrole nitrogens is 1. The van der Waals surface area contributed by atoms with Crippen LogP contribution in [0.4, 0.5) is 0 Å². The Morgan fingerprint density at radius 3 is 1.85 bits per heavy atom. The molecule has 24 nitrogen and oxygen atoms in total. The van der Waals surface area contributed by atoms with Crippen LogP contribution in [0.25, 0.3) is 17.1 Å². The van der Waals surface area contributed by atoms with E-state index in [1.807, 2.05) is 136 Å². The van der Waals surface area contributed by atoms with E-state index in [4.69, 9.17) is 9.47 Å². The number of nitrogens with one attached hydrogen (secondary N) is 5. The van der Waals surface area contributed by atoms with E-state index in [9.17, 15) is 53.4 Å². The van der Waals surface area contributed by atoms with E-state index in [1.165, 1.54) is 10.6 Å². The monoisotopic (exact) mass is 1340 g/mol. The fourth-order valence-electron chi connectivity index (χ4n) is 13.1. The van der Waals surface area contributed by atoms with Gasteiger partial charge < -0.3 is 50.8 Å². The molecule has 0 unspecified atom stereocenters. The number of phenolic OH excluding ortho intramolecular Hbond substituents is 2. The summed E-state index contributed by atoms with van der Waals surface area (Å²) in [6, 6.07) is 25.1. The molecule has 522 valence electrons. The van der Waals surface area contributed by atoms with Gasteiger partial charge in [0.1, 0.15) is 41.3 Å². The zero-order chi connectivity index (χ0) is 69.5. The average Bonchev–Trinajstić information content (AvgIpc) is 1.69. The quantitative estimate of drug-likeness (QED) is 0.0214. The van der Waals surface area contributed by atoms with Crippen molar-refractivity contribution in [2.75, 3.05) is 65.5 Å². The molecule has 9 rings (SSSR count). The van der Waals surface area contributed by atoms with Crippen molar-refractivity contribution in [3.63, 3.8) is 0 Å². The van der Waals surface area contributed by atoms with Crippen molar-refractivity contribution in [2.24, 2.45) is 17.8 Å². The molecule has 0 spiro atoms. The van der Waals surface area contributed by atoms with Gasteiger partial charge in [0.25, 0.3) is 0 Å². The zero-order valence-corrected chi connectivity index (χ0v) is 57.1. The van der Waals surface area contributed by atoms with E-state index in [1.54, 1.807) is 17.9 Å². The first-order valence-corrected chi connectivity index (χ1v) is 34.4. The number of Topliss-reactive ketones (excluding diaryl/α,β-unsaturated/α-hetero) is 1. The smallest absolute Gasteiger partial charge is 0.348 e. The second-order valence-corrected chi connectivity index (χ2v) is 27.8. The summed E-state index contributed by atoms with van der Waals surface area (Å²) in [6.45, 7) is 18.4. The SMILES string of the molecule is CC(C)C[C@H](NC(=O)[C@H](CCc1ccccc1)NC(=O)CN1CCC(OC(=O)CCC(=O)N2CCC(C(=O)N3CCN(Cc4ccc(-n5c(-c6cc(C(C)C)c(O)cc6O)n[nH]c5=O)cc4)CC3)CC2)CC1)C(=O)N[C@@H](Cc1ccccc1)C(=O)N[C@@H](CC(C)C)C(=O)[C@@]1(C)CO1. The lowest BCUT2D eigenvalue weighted by atomic mass is 9.93. The molecule has 4 aliphatic rings. The predicted molar refractivity (Wildman–Crippen MR) is 364 cm³/mol. The van der Waals surface area contributed by atoms with Gasteiger partial charge in [-0.2, -0.15) is 5.10 Å². The number of phenols is 2. The number of amides is 6. The summed E-state index contributed by atoms with van der Waals surface area (Å²) in [6.07, 6.45) is 2.89. The van der Waals surface area contributed by atoms with E-state index in [-0.39, 0.29) is 104 Å². The minimum Gasteiger partial charge on any atom is -0.508 e. The number of nitrogens with zero attached hydrogens (tertiary/aromatic N) is 6. The average molecular weight is 1340 g/mol. The van der Waals surface area contributed by atoms with Crippen molar-refractivity contribution >= 4 is 47.2 Å². The van der Waals surface area contributed by atoms with Crippen LogP contribution >= 0.6 is 0 Å². The molecule has 6 amide bonds. The molecule has 0 saturated carbocycles. The van der Waals surface area contributed by atoms with Gasteiger partial charge in [-0.3, -0.25) is 48.2 Å². The van der Waals surface area contributed by atoms with Crippen LogP contribution in [-0.4, -0.2) is 193 Å². The Hall–Kier alpha value is -8.74. The molecule has 0 aliphatic carbocycles. The summed E-state index contributed by atoms with van der Waals surface area (Å²) in [4.78, 5) is 132. The van der Waals surface area contributed by atoms with Crippen molar-refractivity contribution < 1.29 is 58.0 Å². The van der Waals surface area contributed by atoms with Gasteiger partial charge in [0.05, 0.1) is 36.9 Å². The highest BCUT2D eigenvalue weighted by Crippen LogP contribution is 2.38. The van der Waals surface area contributed by atoms with Crippen molar-refractivity contribution in [1.29, 1.82) is 0 Å². The first-order chi connectivity index (χ1) is 46.4. The van der Waals surface area contributed by atoms with Gasteiger partial charge in [0, 0.05) is 83.7 Å². The summed E-state index contributed by atoms with van der Waals surface area (Å²) in [5.41, 5.74) is 2.78. The maximum Gasteiger partial charge on any atom is 0.348 e. The van der Waals surface area contributed by atoms with Crippen LogP contribution in [0.15, 0.2) is 102 Å². The number of hydrogen-bond acceptors (Lipinski definition) is 16. The van der Waals surface area contributed by atoms with Gasteiger partial charge in [-0.25, -0.2) is 14.5 Å². The van der Waals surface area contributed by atoms with Gasteiger partial charge in [-0.15, -0.1) is 0 Å². The van der Waals surface area contributed by atoms with Gasteiger partial charge in [0.2, 0.25) is 35.4 Å². The fraction of sp³-hybridized carbons (Fsp3) is 0.534. The Balaban J connectivity index is 0.694. The van der Waals surface area contributed by atoms with Crippen molar-refractivity contribution in [3.05, 3.63) is 130 Å². The number of aromatic hydroxyl groups is 2. The lowest BCUT2D eigenvalue weighted by Gasteiger charge is -2.38. The second kappa shape index (κ2) is 33.5. The molecule has 5 aromatic rings. The third-order valence-corrected chi connectivity index (χ3v) is 18.8. The molecule has 4 aliphatic heterocycles. The fourth-order valence-corrected chi connectivity index (χ4v) is 13.1. The van der Waals surface area contributed by atoms with Crippen LogP contribution in [0.3, 0.4) is 0 Å². The number of aromatic amines is 1. The number of carbonyl (C=O) groups excluding carboxylic acids is 8. The first-order valence-electron chi connectivity index (χ1n) is 34.4. The molecule has 7 N–H and O–H groups in total. The van der Waals surface area contributed by atoms with Crippen LogP contribution in [0.1, 0.15) is 134 Å². The normalized spacial score (nSPS) is 18.5. The molecule has 5 heterocycles. The molecule has 4 saturated heterocycles. The highest BCUT2D eigenvalue weighted by Gasteiger charge is 2.50. The van der Waals surface area contributed by atoms with E-state index in [0.717, 1.165) is 16.7 Å². The van der Waals surface area contributed by atoms with Crippen molar-refractivity contribution in [3.8, 4) is 28.6 Å². The van der Waals surface area contributed by atoms with Crippen LogP contribution in [0.5, 0.6) is 11.5 Å². The summed E-state index contributed by atoms with van der Waals surface area (Å²) < 4.78 is 12.7. The summed E-state index contributed by atoms with van der Waals surface area (Å²) >= 11 is 0. The summed E-state index contributed by atoms with van der Waals surface area (Å²) in [7, 11) is 0. The Morgan fingerprint density at radius 2 is 1.23 bits per heavy atom. The number of epoxide rings is 1. The van der Waals surface area contributed by atoms with Gasteiger partial charge in [-0.05, 0) is 116 Å². The molecule has 4 aromatic carbocycles. The lowest BCUT2D eigenvalue weighted by molar-refractivity contribution is -0.153. The van der Waals surface area contributed by atoms with Crippen molar-refractivity contribution in [2.45, 2.75) is 167 Å². The Bertz CT molecular complexity index is 3590. The highest BCUT2D eigenvalue weighted by atomic mass is 16.6. The number of benzene rings is 4. The molecule has 5 atom stereocenters. The van der Waals surface area contributed by atoms with E-state index in [2.05, 4.69) is 36.4 Å². The number of hydrogen-bond donors (Lipinski definition) is 7. The maximum atomic E-state index is 14.4. The summed E-state index contributed by atoms with van der Waals surface area (Å²) in [5, 5.41) is 39.5. The highest BCUT2D eigenvalue weighted by molar-refractivity contribution is 5.99. The molecule has 0 bridgehead atoms. The lowest BCUT2D eigenvalue weighted by Crippen LogP contribution is -2.59. The van der Waals surface area contributed by atoms with Crippen LogP contribution in [0.2, 0.25) is 0 Å². The summed E-state index contributed by atoms with van der Waals surface area (Å²) in [5.74, 6) is -3.11. The standard InChI is InChI=1S/C73H97N11O13/c1-46(2)38-58(66(90)73(7)45-96-73)75-70(93)60(40-50-16-12-9-13-17-50)77-69(92)59(39-47(3)4)76-68(91)57(23-20-49-14-10-8-11-15-49)74-63(87)44-80-30-28-54(29-31-80)97-65(89)25-24-64(88)82-32-26-52(27-33-82)71(94)83-36-34-81(35-37-83)43-51-18-21-53(22-19-51)84-67(78-79-72(84)95)56-41-55(48(5)6)61(85)42-62(56)86/h8-19,21-22,41-42,46-48,52,54,57-60,85-86H,20,23-40,43-45H2,1-7H3,(H,74,87)(H,75,93)(H,76,91)(H,77,92)(H,79,95)/t57-,58-,59-,60-,73+/m0/s1. The number of ether oxygens (including phenoxy) is 2. The number of ketones is 1. The molecule has 0 radical (unpaired) electrons. The number of likely N-dealkylation sites (tertiary alicyclic amines) is 2. The Morgan fingerprint density at radius 1 is 0.639 bits per heavy atom. The number of esters is 1. The maximum absolute atomic E-state index is 14.4. The Labute approximate surface area is 567 Å². The number of piperidine rings is 2. The number of aryl methyl sites for hydroxylation is 1. The number of piperazine rings is 1.